The van der Waals surface area contributed by atoms with E-state index in [-0.39, 0.29) is 24.0 Å². The minimum Gasteiger partial charge on any atom is -0.446 e. The van der Waals surface area contributed by atoms with E-state index in [4.69, 9.17) is 14.7 Å². The van der Waals surface area contributed by atoms with Crippen LogP contribution in [0, 0.1) is 5.92 Å². The van der Waals surface area contributed by atoms with Gasteiger partial charge in [0.2, 0.25) is 5.91 Å². The molecule has 2 saturated heterocycles. The third-order valence-electron chi connectivity index (χ3n) is 3.90. The fourth-order valence-corrected chi connectivity index (χ4v) is 2.62. The number of hydroxylamine groups is 1. The Labute approximate surface area is 118 Å². The van der Waals surface area contributed by atoms with E-state index in [0.29, 0.717) is 32.5 Å². The number of nitrogens with one attached hydrogen (secondary N) is 1. The molecule has 2 rings (SSSR count). The summed E-state index contributed by atoms with van der Waals surface area (Å²) >= 11 is 0. The second kappa shape index (κ2) is 7.44. The largest absolute Gasteiger partial charge is 0.446 e. The molecule has 0 saturated carbocycles. The zero-order valence-corrected chi connectivity index (χ0v) is 11.5. The summed E-state index contributed by atoms with van der Waals surface area (Å²) in [5.74, 6) is -0.603. The van der Waals surface area contributed by atoms with Crippen LogP contribution in [-0.4, -0.2) is 54.5 Å². The van der Waals surface area contributed by atoms with Crippen molar-refractivity contribution < 1.29 is 24.3 Å². The van der Waals surface area contributed by atoms with E-state index in [1.165, 1.54) is 0 Å². The molecule has 114 valence electrons. The van der Waals surface area contributed by atoms with E-state index in [1.807, 2.05) is 0 Å². The Morgan fingerprint density at radius 3 is 2.60 bits per heavy atom. The third kappa shape index (κ3) is 4.08. The van der Waals surface area contributed by atoms with Gasteiger partial charge in [0, 0.05) is 32.0 Å². The number of hydrogen-bond acceptors (Lipinski definition) is 5. The van der Waals surface area contributed by atoms with Crippen LogP contribution in [0.5, 0.6) is 0 Å². The molecule has 0 aromatic rings. The van der Waals surface area contributed by atoms with Crippen molar-refractivity contribution in [3.05, 3.63) is 0 Å². The van der Waals surface area contributed by atoms with Crippen molar-refractivity contribution in [1.82, 2.24) is 10.4 Å². The summed E-state index contributed by atoms with van der Waals surface area (Å²) < 4.78 is 10.8. The Bertz CT molecular complexity index is 334. The molecule has 0 aromatic carbocycles. The van der Waals surface area contributed by atoms with Crippen molar-refractivity contribution in [3.63, 3.8) is 0 Å². The van der Waals surface area contributed by atoms with Crippen LogP contribution in [0.3, 0.4) is 0 Å². The lowest BCUT2D eigenvalue weighted by Crippen LogP contribution is -2.43. The molecule has 1 unspecified atom stereocenters. The first-order valence-electron chi connectivity index (χ1n) is 7.18. The molecular formula is C13H22N2O5. The van der Waals surface area contributed by atoms with Crippen LogP contribution in [0.15, 0.2) is 0 Å². The fraction of sp³-hybridized carbons (Fsp3) is 0.846. The maximum Gasteiger partial charge on any atom is 0.410 e. The van der Waals surface area contributed by atoms with Gasteiger partial charge in [0.05, 0.1) is 6.61 Å². The first kappa shape index (κ1) is 15.1. The molecule has 0 aromatic heterocycles. The van der Waals surface area contributed by atoms with Gasteiger partial charge in [0.1, 0.15) is 6.10 Å². The van der Waals surface area contributed by atoms with Crippen LogP contribution >= 0.6 is 0 Å². The molecule has 2 amide bonds. The van der Waals surface area contributed by atoms with E-state index in [1.54, 1.807) is 10.4 Å². The van der Waals surface area contributed by atoms with Crippen LogP contribution in [0.25, 0.3) is 0 Å². The highest BCUT2D eigenvalue weighted by atomic mass is 16.6. The summed E-state index contributed by atoms with van der Waals surface area (Å²) in [5.41, 5.74) is 1.66. The van der Waals surface area contributed by atoms with Crippen molar-refractivity contribution in [2.24, 2.45) is 5.92 Å². The van der Waals surface area contributed by atoms with E-state index >= 15 is 0 Å². The molecule has 2 aliphatic heterocycles. The topological polar surface area (TPSA) is 88.1 Å². The fourth-order valence-electron chi connectivity index (χ4n) is 2.62. The highest BCUT2D eigenvalue weighted by Crippen LogP contribution is 2.19. The monoisotopic (exact) mass is 286 g/mol. The van der Waals surface area contributed by atoms with Gasteiger partial charge in [0.15, 0.2) is 0 Å². The van der Waals surface area contributed by atoms with Crippen LogP contribution in [0.1, 0.15) is 32.1 Å². The van der Waals surface area contributed by atoms with Gasteiger partial charge >= 0.3 is 6.09 Å². The standard InChI is InChI=1S/C13H22N2O5/c16-12(14-18)10-3-6-15(7-4-10)13(17)20-11-2-1-8-19-9-5-11/h10-11,18H,1-9H2,(H,14,16). The van der Waals surface area contributed by atoms with Crippen molar-refractivity contribution in [2.75, 3.05) is 26.3 Å². The minimum absolute atomic E-state index is 0.0662. The van der Waals surface area contributed by atoms with Gasteiger partial charge in [-0.2, -0.15) is 0 Å². The smallest absolute Gasteiger partial charge is 0.410 e. The lowest BCUT2D eigenvalue weighted by Gasteiger charge is -2.31. The number of carbonyl (C=O) groups excluding carboxylic acids is 2. The molecule has 0 aliphatic carbocycles. The van der Waals surface area contributed by atoms with E-state index in [0.717, 1.165) is 25.9 Å². The molecule has 2 fully saturated rings. The van der Waals surface area contributed by atoms with E-state index < -0.39 is 0 Å². The maximum absolute atomic E-state index is 12.0. The lowest BCUT2D eigenvalue weighted by molar-refractivity contribution is -0.134. The highest BCUT2D eigenvalue weighted by molar-refractivity contribution is 5.78. The van der Waals surface area contributed by atoms with Gasteiger partial charge in [-0.3, -0.25) is 10.0 Å². The molecule has 2 N–H and O–H groups in total. The molecule has 7 nitrogen and oxygen atoms in total. The first-order valence-corrected chi connectivity index (χ1v) is 7.18. The van der Waals surface area contributed by atoms with Gasteiger partial charge in [-0.15, -0.1) is 0 Å². The Hall–Kier alpha value is -1.34. The van der Waals surface area contributed by atoms with Crippen LogP contribution in [-0.2, 0) is 14.3 Å². The number of nitrogens with zero attached hydrogens (tertiary/aromatic N) is 1. The van der Waals surface area contributed by atoms with Gasteiger partial charge in [-0.1, -0.05) is 0 Å². The summed E-state index contributed by atoms with van der Waals surface area (Å²) in [7, 11) is 0. The molecule has 2 aliphatic rings. The molecule has 2 heterocycles. The SMILES string of the molecule is O=C(NO)C1CCN(C(=O)OC2CCCOCC2)CC1. The second-order valence-electron chi connectivity index (χ2n) is 5.29. The first-order chi connectivity index (χ1) is 9.70. The predicted molar refractivity (Wildman–Crippen MR) is 69.2 cm³/mol. The van der Waals surface area contributed by atoms with E-state index in [2.05, 4.69) is 0 Å². The molecule has 7 heteroatoms. The summed E-state index contributed by atoms with van der Waals surface area (Å²) in [6, 6.07) is 0. The van der Waals surface area contributed by atoms with Crippen molar-refractivity contribution in [3.8, 4) is 0 Å². The highest BCUT2D eigenvalue weighted by Gasteiger charge is 2.29. The minimum atomic E-state index is -0.376. The van der Waals surface area contributed by atoms with Gasteiger partial charge in [0.25, 0.3) is 0 Å². The Morgan fingerprint density at radius 2 is 1.90 bits per heavy atom. The van der Waals surface area contributed by atoms with Crippen LogP contribution < -0.4 is 5.48 Å². The lowest BCUT2D eigenvalue weighted by atomic mass is 9.96. The predicted octanol–water partition coefficient (Wildman–Crippen LogP) is 0.909. The van der Waals surface area contributed by atoms with Crippen LogP contribution in [0.4, 0.5) is 4.79 Å². The second-order valence-corrected chi connectivity index (χ2v) is 5.29. The average molecular weight is 286 g/mol. The molecule has 0 bridgehead atoms. The Morgan fingerprint density at radius 1 is 1.15 bits per heavy atom. The molecular weight excluding hydrogens is 264 g/mol. The average Bonchev–Trinajstić information content (AvgIpc) is 2.75. The molecule has 1 atom stereocenters. The number of carbonyl (C=O) groups is 2. The number of piperidine rings is 1. The number of ether oxygens (including phenoxy) is 2. The van der Waals surface area contributed by atoms with E-state index in [9.17, 15) is 9.59 Å². The number of likely N-dealkylation sites (tertiary alicyclic amines) is 1. The van der Waals surface area contributed by atoms with Crippen molar-refractivity contribution in [1.29, 1.82) is 0 Å². The zero-order valence-electron chi connectivity index (χ0n) is 11.5. The normalized spacial score (nSPS) is 24.9. The molecule has 0 radical (unpaired) electrons. The van der Waals surface area contributed by atoms with Crippen LogP contribution in [0.2, 0.25) is 0 Å². The third-order valence-corrected chi connectivity index (χ3v) is 3.90. The van der Waals surface area contributed by atoms with Crippen molar-refractivity contribution in [2.45, 2.75) is 38.2 Å². The van der Waals surface area contributed by atoms with Gasteiger partial charge in [-0.05, 0) is 25.7 Å². The summed E-state index contributed by atoms with van der Waals surface area (Å²) in [5, 5.41) is 8.59. The zero-order chi connectivity index (χ0) is 14.4. The summed E-state index contributed by atoms with van der Waals surface area (Å²) in [4.78, 5) is 25.0. The number of amides is 2. The summed E-state index contributed by atoms with van der Waals surface area (Å²) in [6.07, 6.45) is 3.23. The molecule has 0 spiro atoms. The number of rotatable bonds is 2. The van der Waals surface area contributed by atoms with Gasteiger partial charge in [-0.25, -0.2) is 10.3 Å². The van der Waals surface area contributed by atoms with Crippen molar-refractivity contribution >= 4 is 12.0 Å². The number of hydrogen-bond donors (Lipinski definition) is 2. The van der Waals surface area contributed by atoms with Gasteiger partial charge < -0.3 is 14.4 Å². The quantitative estimate of drug-likeness (QED) is 0.582. The maximum atomic E-state index is 12.0. The summed E-state index contributed by atoms with van der Waals surface area (Å²) in [6.45, 7) is 2.34. The Kier molecular flexibility index (Phi) is 5.60. The Balaban J connectivity index is 1.75. The molecule has 20 heavy (non-hydrogen) atoms.